The van der Waals surface area contributed by atoms with Crippen molar-refractivity contribution >= 4 is 16.6 Å². The molecule has 2 N–H and O–H groups in total. The van der Waals surface area contributed by atoms with Gasteiger partial charge in [-0.15, -0.1) is 0 Å². The lowest BCUT2D eigenvalue weighted by Gasteiger charge is -2.36. The van der Waals surface area contributed by atoms with Crippen molar-refractivity contribution in [1.29, 1.82) is 0 Å². The lowest BCUT2D eigenvalue weighted by Crippen LogP contribution is -2.47. The second kappa shape index (κ2) is 8.29. The first-order valence-corrected chi connectivity index (χ1v) is 11.9. The summed E-state index contributed by atoms with van der Waals surface area (Å²) in [6, 6.07) is 16.3. The maximum atomic E-state index is 13.2. The number of methoxy groups -OCH3 is 1. The Labute approximate surface area is 197 Å². The van der Waals surface area contributed by atoms with Crippen LogP contribution in [-0.2, 0) is 19.5 Å². The van der Waals surface area contributed by atoms with Gasteiger partial charge in [-0.1, -0.05) is 30.3 Å². The molecule has 0 atom stereocenters. The number of hydrogen-bond acceptors (Lipinski definition) is 5. The topological polar surface area (TPSA) is 78.7 Å². The molecule has 0 spiro atoms. The monoisotopic (exact) mass is 459 g/mol. The van der Waals surface area contributed by atoms with Gasteiger partial charge < -0.3 is 19.7 Å². The van der Waals surface area contributed by atoms with Crippen molar-refractivity contribution in [3.8, 4) is 23.0 Å². The molecule has 0 saturated carbocycles. The molecule has 8 heteroatoms. The number of nitrogens with zero attached hydrogens (tertiary/aromatic N) is 4. The third kappa shape index (κ3) is 3.28. The van der Waals surface area contributed by atoms with Gasteiger partial charge >= 0.3 is 5.69 Å². The predicted molar refractivity (Wildman–Crippen MR) is 133 cm³/mol. The van der Waals surface area contributed by atoms with E-state index in [9.17, 15) is 9.90 Å². The van der Waals surface area contributed by atoms with E-state index >= 15 is 0 Å². The van der Waals surface area contributed by atoms with Gasteiger partial charge in [-0.05, 0) is 30.2 Å². The Kier molecular flexibility index (Phi) is 5.10. The number of para-hydroxylation sites is 3. The summed E-state index contributed by atoms with van der Waals surface area (Å²) < 4.78 is 8.76. The SMILES string of the molecule is COc1ccccc1N1CCN(CCn2c(O)c3n(c2=O)CCc2c-3[nH]c3ccccc23)CC1. The molecule has 34 heavy (non-hydrogen) atoms. The fourth-order valence-electron chi connectivity index (χ4n) is 5.47. The van der Waals surface area contributed by atoms with E-state index in [2.05, 4.69) is 26.9 Å². The number of aromatic nitrogens is 3. The normalized spacial score (nSPS) is 16.0. The molecule has 0 bridgehead atoms. The maximum absolute atomic E-state index is 13.2. The van der Waals surface area contributed by atoms with Gasteiger partial charge in [0, 0.05) is 56.7 Å². The number of ether oxygens (including phenoxy) is 1. The molecule has 6 rings (SSSR count). The number of nitrogens with one attached hydrogen (secondary N) is 1. The Morgan fingerprint density at radius 3 is 2.56 bits per heavy atom. The number of rotatable bonds is 5. The number of imidazole rings is 1. The highest BCUT2D eigenvalue weighted by molar-refractivity contribution is 5.91. The van der Waals surface area contributed by atoms with Crippen molar-refractivity contribution in [3.05, 3.63) is 64.6 Å². The number of benzene rings is 2. The van der Waals surface area contributed by atoms with Crippen molar-refractivity contribution in [3.63, 3.8) is 0 Å². The molecular formula is C26H29N5O3. The Balaban J connectivity index is 1.19. The number of piperazine rings is 1. The van der Waals surface area contributed by atoms with Gasteiger partial charge in [-0.3, -0.25) is 14.0 Å². The van der Waals surface area contributed by atoms with Crippen LogP contribution < -0.4 is 15.3 Å². The van der Waals surface area contributed by atoms with Crippen LogP contribution in [0.5, 0.6) is 11.6 Å². The third-order valence-electron chi connectivity index (χ3n) is 7.27. The van der Waals surface area contributed by atoms with Gasteiger partial charge in [0.2, 0.25) is 5.88 Å². The molecule has 1 saturated heterocycles. The molecular weight excluding hydrogens is 430 g/mol. The molecule has 2 aliphatic rings. The molecule has 2 aromatic heterocycles. The van der Waals surface area contributed by atoms with Gasteiger partial charge in [-0.25, -0.2) is 4.79 Å². The first-order valence-electron chi connectivity index (χ1n) is 11.9. The van der Waals surface area contributed by atoms with E-state index in [0.717, 1.165) is 67.2 Å². The Morgan fingerprint density at radius 2 is 1.74 bits per heavy atom. The molecule has 176 valence electrons. The van der Waals surface area contributed by atoms with Gasteiger partial charge in [0.05, 0.1) is 18.5 Å². The molecule has 4 aromatic rings. The number of fused-ring (bicyclic) bond motifs is 5. The van der Waals surface area contributed by atoms with E-state index < -0.39 is 0 Å². The minimum atomic E-state index is -0.135. The van der Waals surface area contributed by atoms with Crippen LogP contribution in [0.3, 0.4) is 0 Å². The molecule has 0 radical (unpaired) electrons. The first-order chi connectivity index (χ1) is 16.7. The summed E-state index contributed by atoms with van der Waals surface area (Å²) in [6.07, 6.45) is 0.778. The summed E-state index contributed by atoms with van der Waals surface area (Å²) in [4.78, 5) is 21.3. The van der Waals surface area contributed by atoms with Gasteiger partial charge in [0.1, 0.15) is 11.4 Å². The summed E-state index contributed by atoms with van der Waals surface area (Å²) in [5.41, 5.74) is 4.68. The van der Waals surface area contributed by atoms with Crippen LogP contribution in [-0.4, -0.2) is 64.0 Å². The zero-order valence-corrected chi connectivity index (χ0v) is 19.3. The van der Waals surface area contributed by atoms with Crippen molar-refractivity contribution < 1.29 is 9.84 Å². The number of aromatic hydroxyl groups is 1. The Hall–Kier alpha value is -3.65. The van der Waals surface area contributed by atoms with Crippen molar-refractivity contribution in [2.45, 2.75) is 19.5 Å². The molecule has 1 fully saturated rings. The largest absolute Gasteiger partial charge is 0.495 e. The smallest absolute Gasteiger partial charge is 0.331 e. The van der Waals surface area contributed by atoms with Crippen molar-refractivity contribution in [2.75, 3.05) is 44.7 Å². The van der Waals surface area contributed by atoms with Crippen LogP contribution in [0.25, 0.3) is 22.3 Å². The van der Waals surface area contributed by atoms with Crippen LogP contribution in [0.2, 0.25) is 0 Å². The van der Waals surface area contributed by atoms with E-state index in [0.29, 0.717) is 18.8 Å². The van der Waals surface area contributed by atoms with Crippen LogP contribution in [0, 0.1) is 0 Å². The molecule has 0 amide bonds. The summed E-state index contributed by atoms with van der Waals surface area (Å²) in [7, 11) is 1.70. The molecule has 8 nitrogen and oxygen atoms in total. The minimum Gasteiger partial charge on any atom is -0.495 e. The first kappa shape index (κ1) is 20.9. The van der Waals surface area contributed by atoms with E-state index in [1.807, 2.05) is 36.4 Å². The number of anilines is 1. The highest BCUT2D eigenvalue weighted by Gasteiger charge is 2.29. The van der Waals surface area contributed by atoms with E-state index in [-0.39, 0.29) is 11.6 Å². The number of H-pyrrole nitrogens is 1. The van der Waals surface area contributed by atoms with E-state index in [4.69, 9.17) is 4.74 Å². The van der Waals surface area contributed by atoms with Crippen LogP contribution >= 0.6 is 0 Å². The standard InChI is InChI=1S/C26H29N5O3/c1-34-22-9-5-4-8-21(22)29-15-12-28(13-16-29)14-17-31-25(32)24-23-19(10-11-30(24)26(31)33)18-6-2-3-7-20(18)27-23/h2-9,27,32H,10-17H2,1H3. The second-order valence-electron chi connectivity index (χ2n) is 9.03. The molecule has 0 unspecified atom stereocenters. The minimum absolute atomic E-state index is 0.0603. The predicted octanol–water partition coefficient (Wildman–Crippen LogP) is 2.89. The fraction of sp³-hybridized carbons (Fsp3) is 0.346. The van der Waals surface area contributed by atoms with Gasteiger partial charge in [0.15, 0.2) is 0 Å². The van der Waals surface area contributed by atoms with Crippen LogP contribution in [0.1, 0.15) is 5.56 Å². The average Bonchev–Trinajstić information content (AvgIpc) is 3.38. The summed E-state index contributed by atoms with van der Waals surface area (Å²) in [5.74, 6) is 0.952. The molecule has 0 aliphatic carbocycles. The lowest BCUT2D eigenvalue weighted by atomic mass is 10.0. The highest BCUT2D eigenvalue weighted by Crippen LogP contribution is 2.38. The van der Waals surface area contributed by atoms with Crippen molar-refractivity contribution in [1.82, 2.24) is 19.0 Å². The zero-order chi connectivity index (χ0) is 23.2. The average molecular weight is 460 g/mol. The van der Waals surface area contributed by atoms with E-state index in [1.54, 1.807) is 11.7 Å². The summed E-state index contributed by atoms with van der Waals surface area (Å²) in [6.45, 7) is 5.35. The molecule has 4 heterocycles. The van der Waals surface area contributed by atoms with E-state index in [1.165, 1.54) is 10.1 Å². The quantitative estimate of drug-likeness (QED) is 0.480. The summed E-state index contributed by atoms with van der Waals surface area (Å²) in [5, 5.41) is 12.2. The highest BCUT2D eigenvalue weighted by atomic mass is 16.5. The number of hydrogen-bond donors (Lipinski definition) is 2. The summed E-state index contributed by atoms with van der Waals surface area (Å²) >= 11 is 0. The fourth-order valence-corrected chi connectivity index (χ4v) is 5.47. The number of aromatic amines is 1. The zero-order valence-electron chi connectivity index (χ0n) is 19.3. The Morgan fingerprint density at radius 1 is 0.971 bits per heavy atom. The third-order valence-corrected chi connectivity index (χ3v) is 7.27. The molecule has 2 aromatic carbocycles. The van der Waals surface area contributed by atoms with Gasteiger partial charge in [0.25, 0.3) is 0 Å². The molecule has 2 aliphatic heterocycles. The van der Waals surface area contributed by atoms with Crippen LogP contribution in [0.15, 0.2) is 53.3 Å². The van der Waals surface area contributed by atoms with Crippen molar-refractivity contribution in [2.24, 2.45) is 0 Å². The lowest BCUT2D eigenvalue weighted by molar-refractivity contribution is 0.242. The van der Waals surface area contributed by atoms with Gasteiger partial charge in [-0.2, -0.15) is 0 Å². The number of aryl methyl sites for hydroxylation is 1. The second-order valence-corrected chi connectivity index (χ2v) is 9.03. The maximum Gasteiger partial charge on any atom is 0.331 e. The Bertz CT molecular complexity index is 1410. The van der Waals surface area contributed by atoms with Crippen LogP contribution in [0.4, 0.5) is 5.69 Å².